The molecule has 0 aromatic heterocycles. The molecule has 1 aromatic carbocycles. The SMILES string of the molecule is COCCN1C(=O)C(C)NC1c1ccc(C)cc1C. The molecule has 1 aromatic rings. The Hall–Kier alpha value is -1.39. The number of carbonyl (C=O) groups is 1. The average Bonchev–Trinajstić information content (AvgIpc) is 2.63. The molecule has 2 atom stereocenters. The number of carbonyl (C=O) groups excluding carboxylic acids is 1. The average molecular weight is 262 g/mol. The highest BCUT2D eigenvalue weighted by molar-refractivity contribution is 5.84. The fourth-order valence-electron chi connectivity index (χ4n) is 2.59. The second-order valence-corrected chi connectivity index (χ2v) is 5.18. The highest BCUT2D eigenvalue weighted by atomic mass is 16.5. The molecule has 0 bridgehead atoms. The van der Waals surface area contributed by atoms with E-state index < -0.39 is 0 Å². The van der Waals surface area contributed by atoms with Gasteiger partial charge in [-0.25, -0.2) is 0 Å². The summed E-state index contributed by atoms with van der Waals surface area (Å²) in [4.78, 5) is 14.0. The van der Waals surface area contributed by atoms with Crippen molar-refractivity contribution in [2.45, 2.75) is 33.0 Å². The van der Waals surface area contributed by atoms with Crippen LogP contribution in [0, 0.1) is 13.8 Å². The van der Waals surface area contributed by atoms with Crippen molar-refractivity contribution < 1.29 is 9.53 Å². The number of amides is 1. The second-order valence-electron chi connectivity index (χ2n) is 5.18. The predicted octanol–water partition coefficient (Wildman–Crippen LogP) is 1.77. The number of benzene rings is 1. The molecule has 19 heavy (non-hydrogen) atoms. The van der Waals surface area contributed by atoms with Gasteiger partial charge in [-0.2, -0.15) is 0 Å². The zero-order valence-corrected chi connectivity index (χ0v) is 12.1. The third kappa shape index (κ3) is 2.80. The first kappa shape index (κ1) is 14.0. The minimum Gasteiger partial charge on any atom is -0.383 e. The molecule has 1 saturated heterocycles. The molecule has 2 rings (SSSR count). The molecule has 0 radical (unpaired) electrons. The molecule has 0 spiro atoms. The summed E-state index contributed by atoms with van der Waals surface area (Å²) in [6, 6.07) is 6.21. The number of methoxy groups -OCH3 is 1. The van der Waals surface area contributed by atoms with Crippen molar-refractivity contribution in [2.75, 3.05) is 20.3 Å². The first-order valence-corrected chi connectivity index (χ1v) is 6.67. The number of nitrogens with zero attached hydrogens (tertiary/aromatic N) is 1. The summed E-state index contributed by atoms with van der Waals surface area (Å²) >= 11 is 0. The number of hydrogen-bond acceptors (Lipinski definition) is 3. The molecule has 1 N–H and O–H groups in total. The van der Waals surface area contributed by atoms with E-state index >= 15 is 0 Å². The smallest absolute Gasteiger partial charge is 0.241 e. The first-order chi connectivity index (χ1) is 9.04. The van der Waals surface area contributed by atoms with Gasteiger partial charge in [-0.3, -0.25) is 10.1 Å². The Bertz CT molecular complexity index is 473. The lowest BCUT2D eigenvalue weighted by molar-refractivity contribution is -0.130. The van der Waals surface area contributed by atoms with Gasteiger partial charge in [-0.15, -0.1) is 0 Å². The van der Waals surface area contributed by atoms with Crippen molar-refractivity contribution in [3.05, 3.63) is 34.9 Å². The minimum atomic E-state index is -0.137. The van der Waals surface area contributed by atoms with Crippen molar-refractivity contribution in [2.24, 2.45) is 0 Å². The zero-order valence-electron chi connectivity index (χ0n) is 12.1. The summed E-state index contributed by atoms with van der Waals surface area (Å²) in [5, 5.41) is 3.36. The van der Waals surface area contributed by atoms with Gasteiger partial charge in [0.25, 0.3) is 0 Å². The fraction of sp³-hybridized carbons (Fsp3) is 0.533. The van der Waals surface area contributed by atoms with Crippen LogP contribution in [0.5, 0.6) is 0 Å². The van der Waals surface area contributed by atoms with E-state index in [2.05, 4.69) is 37.4 Å². The van der Waals surface area contributed by atoms with Crippen LogP contribution in [0.25, 0.3) is 0 Å². The molecule has 104 valence electrons. The van der Waals surface area contributed by atoms with Crippen LogP contribution in [0.4, 0.5) is 0 Å². The lowest BCUT2D eigenvalue weighted by atomic mass is 10.0. The van der Waals surface area contributed by atoms with Gasteiger partial charge in [0.1, 0.15) is 6.17 Å². The number of rotatable bonds is 4. The van der Waals surface area contributed by atoms with Crippen molar-refractivity contribution >= 4 is 5.91 Å². The summed E-state index contributed by atoms with van der Waals surface area (Å²) in [6.45, 7) is 7.25. The zero-order chi connectivity index (χ0) is 14.0. The van der Waals surface area contributed by atoms with Gasteiger partial charge in [-0.1, -0.05) is 23.8 Å². The van der Waals surface area contributed by atoms with Crippen molar-refractivity contribution in [3.63, 3.8) is 0 Å². The van der Waals surface area contributed by atoms with Gasteiger partial charge in [0.05, 0.1) is 12.6 Å². The molecular formula is C15H22N2O2. The van der Waals surface area contributed by atoms with E-state index in [-0.39, 0.29) is 18.1 Å². The molecule has 0 saturated carbocycles. The predicted molar refractivity (Wildman–Crippen MR) is 74.8 cm³/mol. The molecule has 0 aliphatic carbocycles. The Morgan fingerprint density at radius 1 is 1.37 bits per heavy atom. The van der Waals surface area contributed by atoms with E-state index in [0.29, 0.717) is 13.2 Å². The lowest BCUT2D eigenvalue weighted by Crippen LogP contribution is -2.33. The van der Waals surface area contributed by atoms with Gasteiger partial charge >= 0.3 is 0 Å². The van der Waals surface area contributed by atoms with E-state index in [1.807, 2.05) is 11.8 Å². The molecule has 1 aliphatic heterocycles. The number of nitrogens with one attached hydrogen (secondary N) is 1. The van der Waals surface area contributed by atoms with Crippen LogP contribution in [-0.2, 0) is 9.53 Å². The molecule has 1 fully saturated rings. The van der Waals surface area contributed by atoms with Gasteiger partial charge in [0.15, 0.2) is 0 Å². The molecule has 2 unspecified atom stereocenters. The van der Waals surface area contributed by atoms with Gasteiger partial charge in [0.2, 0.25) is 5.91 Å². The molecule has 1 heterocycles. The quantitative estimate of drug-likeness (QED) is 0.899. The maximum atomic E-state index is 12.2. The Morgan fingerprint density at radius 3 is 2.74 bits per heavy atom. The maximum absolute atomic E-state index is 12.2. The summed E-state index contributed by atoms with van der Waals surface area (Å²) < 4.78 is 5.10. The number of ether oxygens (including phenoxy) is 1. The standard InChI is InChI=1S/C15H22N2O2/c1-10-5-6-13(11(2)9-10)14-16-12(3)15(18)17(14)7-8-19-4/h5-6,9,12,14,16H,7-8H2,1-4H3. The number of hydrogen-bond donors (Lipinski definition) is 1. The largest absolute Gasteiger partial charge is 0.383 e. The highest BCUT2D eigenvalue weighted by Crippen LogP contribution is 2.27. The third-order valence-corrected chi connectivity index (χ3v) is 3.63. The Balaban J connectivity index is 2.28. The molecular weight excluding hydrogens is 240 g/mol. The summed E-state index contributed by atoms with van der Waals surface area (Å²) in [6.07, 6.45) is -0.0433. The van der Waals surface area contributed by atoms with Crippen LogP contribution < -0.4 is 5.32 Å². The lowest BCUT2D eigenvalue weighted by Gasteiger charge is -2.25. The van der Waals surface area contributed by atoms with E-state index in [1.54, 1.807) is 7.11 Å². The van der Waals surface area contributed by atoms with Gasteiger partial charge < -0.3 is 9.64 Å². The van der Waals surface area contributed by atoms with Crippen LogP contribution in [0.1, 0.15) is 29.8 Å². The maximum Gasteiger partial charge on any atom is 0.241 e. The van der Waals surface area contributed by atoms with Crippen LogP contribution in [-0.4, -0.2) is 37.1 Å². The van der Waals surface area contributed by atoms with Crippen molar-refractivity contribution in [1.82, 2.24) is 10.2 Å². The van der Waals surface area contributed by atoms with Crippen molar-refractivity contribution in [3.8, 4) is 0 Å². The molecule has 4 heteroatoms. The van der Waals surface area contributed by atoms with Gasteiger partial charge in [0, 0.05) is 13.7 Å². The monoisotopic (exact) mass is 262 g/mol. The minimum absolute atomic E-state index is 0.0433. The van der Waals surface area contributed by atoms with E-state index in [9.17, 15) is 4.79 Å². The summed E-state index contributed by atoms with van der Waals surface area (Å²) in [5.41, 5.74) is 3.61. The fourth-order valence-corrected chi connectivity index (χ4v) is 2.59. The molecule has 1 amide bonds. The van der Waals surface area contributed by atoms with Crippen LogP contribution in [0.15, 0.2) is 18.2 Å². The van der Waals surface area contributed by atoms with Crippen molar-refractivity contribution in [1.29, 1.82) is 0 Å². The molecule has 4 nitrogen and oxygen atoms in total. The topological polar surface area (TPSA) is 41.6 Å². The Labute approximate surface area is 114 Å². The van der Waals surface area contributed by atoms with E-state index in [4.69, 9.17) is 4.74 Å². The van der Waals surface area contributed by atoms with Gasteiger partial charge in [-0.05, 0) is 31.9 Å². The molecule has 1 aliphatic rings. The van der Waals surface area contributed by atoms with E-state index in [0.717, 1.165) is 0 Å². The normalized spacial score (nSPS) is 23.2. The van der Waals surface area contributed by atoms with E-state index in [1.165, 1.54) is 16.7 Å². The van der Waals surface area contributed by atoms with Crippen LogP contribution >= 0.6 is 0 Å². The highest BCUT2D eigenvalue weighted by Gasteiger charge is 2.37. The first-order valence-electron chi connectivity index (χ1n) is 6.67. The van der Waals surface area contributed by atoms with Crippen LogP contribution in [0.3, 0.4) is 0 Å². The Morgan fingerprint density at radius 2 is 2.11 bits per heavy atom. The second kappa shape index (κ2) is 5.72. The summed E-state index contributed by atoms with van der Waals surface area (Å²) in [7, 11) is 1.66. The summed E-state index contributed by atoms with van der Waals surface area (Å²) in [5.74, 6) is 0.141. The number of aryl methyl sites for hydroxylation is 2. The van der Waals surface area contributed by atoms with Crippen LogP contribution in [0.2, 0.25) is 0 Å². The third-order valence-electron chi connectivity index (χ3n) is 3.63. The Kier molecular flexibility index (Phi) is 4.22.